The quantitative estimate of drug-likeness (QED) is 0.565. The Morgan fingerprint density at radius 3 is 2.17 bits per heavy atom. The Labute approximate surface area is 175 Å². The minimum Gasteiger partial charge on any atom is -0.356 e. The first kappa shape index (κ1) is 20.1. The Hall–Kier alpha value is -3.23. The van der Waals surface area contributed by atoms with Gasteiger partial charge in [-0.2, -0.15) is 0 Å². The van der Waals surface area contributed by atoms with Crippen molar-refractivity contribution in [2.75, 3.05) is 49.1 Å². The Morgan fingerprint density at radius 2 is 1.53 bits per heavy atom. The molecular formula is C21H26N6O3. The topological polar surface area (TPSA) is 95.7 Å². The fourth-order valence-corrected chi connectivity index (χ4v) is 4.11. The van der Waals surface area contributed by atoms with E-state index < -0.39 is 4.92 Å². The second kappa shape index (κ2) is 8.64. The summed E-state index contributed by atoms with van der Waals surface area (Å²) in [5.74, 6) is 2.29. The third-order valence-electron chi connectivity index (χ3n) is 5.71. The number of hydrogen-bond donors (Lipinski definition) is 0. The molecule has 0 saturated carbocycles. The molecular weight excluding hydrogens is 384 g/mol. The number of nitrogens with zero attached hydrogens (tertiary/aromatic N) is 6. The van der Waals surface area contributed by atoms with Gasteiger partial charge in [-0.3, -0.25) is 14.9 Å². The number of hydrogen-bond acceptors (Lipinski definition) is 7. The number of rotatable bonds is 4. The van der Waals surface area contributed by atoms with E-state index in [4.69, 9.17) is 0 Å². The Morgan fingerprint density at radius 1 is 0.933 bits per heavy atom. The first-order valence-electron chi connectivity index (χ1n) is 10.4. The van der Waals surface area contributed by atoms with Crippen LogP contribution in [-0.2, 0) is 0 Å². The van der Waals surface area contributed by atoms with Crippen LogP contribution < -0.4 is 9.80 Å². The van der Waals surface area contributed by atoms with Crippen molar-refractivity contribution in [3.8, 4) is 0 Å². The summed E-state index contributed by atoms with van der Waals surface area (Å²) in [4.78, 5) is 39.0. The van der Waals surface area contributed by atoms with Gasteiger partial charge in [0.15, 0.2) is 0 Å². The van der Waals surface area contributed by atoms with Gasteiger partial charge in [-0.25, -0.2) is 9.97 Å². The van der Waals surface area contributed by atoms with Crippen molar-refractivity contribution in [2.24, 2.45) is 0 Å². The van der Waals surface area contributed by atoms with E-state index in [1.165, 1.54) is 31.4 Å². The van der Waals surface area contributed by atoms with Gasteiger partial charge in [-0.15, -0.1) is 0 Å². The van der Waals surface area contributed by atoms with Gasteiger partial charge in [0, 0.05) is 51.4 Å². The van der Waals surface area contributed by atoms with Crippen molar-refractivity contribution in [2.45, 2.75) is 26.2 Å². The van der Waals surface area contributed by atoms with Crippen LogP contribution >= 0.6 is 0 Å². The molecule has 2 aromatic rings. The molecule has 1 aromatic heterocycles. The highest BCUT2D eigenvalue weighted by atomic mass is 16.6. The summed E-state index contributed by atoms with van der Waals surface area (Å²) in [5, 5.41) is 11.2. The van der Waals surface area contributed by atoms with Crippen molar-refractivity contribution in [3.05, 3.63) is 51.8 Å². The molecule has 0 aliphatic carbocycles. The van der Waals surface area contributed by atoms with Crippen molar-refractivity contribution in [1.82, 2.24) is 14.9 Å². The minimum absolute atomic E-state index is 0.140. The molecule has 1 amide bonds. The number of nitro benzene ring substituents is 1. The number of anilines is 2. The maximum Gasteiger partial charge on any atom is 0.282 e. The molecule has 4 rings (SSSR count). The van der Waals surface area contributed by atoms with Gasteiger partial charge >= 0.3 is 0 Å². The summed E-state index contributed by atoms with van der Waals surface area (Å²) in [7, 11) is 0. The largest absolute Gasteiger partial charge is 0.356 e. The van der Waals surface area contributed by atoms with E-state index in [0.717, 1.165) is 30.5 Å². The molecule has 0 radical (unpaired) electrons. The maximum absolute atomic E-state index is 12.9. The molecule has 9 nitrogen and oxygen atoms in total. The fraction of sp³-hybridized carbons (Fsp3) is 0.476. The zero-order valence-corrected chi connectivity index (χ0v) is 17.2. The number of nitro groups is 1. The number of carbonyl (C=O) groups excluding carboxylic acids is 1. The lowest BCUT2D eigenvalue weighted by Crippen LogP contribution is -2.49. The number of carbonyl (C=O) groups is 1. The zero-order chi connectivity index (χ0) is 21.1. The van der Waals surface area contributed by atoms with Gasteiger partial charge in [0.1, 0.15) is 23.0 Å². The van der Waals surface area contributed by atoms with E-state index in [1.807, 2.05) is 13.0 Å². The summed E-state index contributed by atoms with van der Waals surface area (Å²) in [6.45, 7) is 6.19. The van der Waals surface area contributed by atoms with Crippen LogP contribution in [0.25, 0.3) is 0 Å². The molecule has 30 heavy (non-hydrogen) atoms. The van der Waals surface area contributed by atoms with Crippen LogP contribution in [0.3, 0.4) is 0 Å². The molecule has 3 heterocycles. The predicted molar refractivity (Wildman–Crippen MR) is 114 cm³/mol. The van der Waals surface area contributed by atoms with Gasteiger partial charge < -0.3 is 14.7 Å². The molecule has 2 fully saturated rings. The number of aromatic nitrogens is 2. The number of para-hydroxylation sites is 1. The summed E-state index contributed by atoms with van der Waals surface area (Å²) in [5.41, 5.74) is -0.0104. The van der Waals surface area contributed by atoms with Crippen LogP contribution in [0.2, 0.25) is 0 Å². The summed E-state index contributed by atoms with van der Waals surface area (Å²) in [6, 6.07) is 8.16. The highest BCUT2D eigenvalue weighted by Crippen LogP contribution is 2.24. The number of amides is 1. The van der Waals surface area contributed by atoms with Crippen molar-refractivity contribution in [1.29, 1.82) is 0 Å². The lowest BCUT2D eigenvalue weighted by molar-refractivity contribution is -0.385. The molecule has 0 unspecified atom stereocenters. The third-order valence-corrected chi connectivity index (χ3v) is 5.71. The maximum atomic E-state index is 12.9. The Kier molecular flexibility index (Phi) is 5.78. The molecule has 158 valence electrons. The van der Waals surface area contributed by atoms with E-state index in [1.54, 1.807) is 17.0 Å². The summed E-state index contributed by atoms with van der Waals surface area (Å²) in [6.07, 6.45) is 3.64. The smallest absolute Gasteiger partial charge is 0.282 e. The van der Waals surface area contributed by atoms with Gasteiger partial charge in [0.25, 0.3) is 11.6 Å². The predicted octanol–water partition coefficient (Wildman–Crippen LogP) is 2.65. The van der Waals surface area contributed by atoms with Crippen molar-refractivity contribution < 1.29 is 9.72 Å². The summed E-state index contributed by atoms with van der Waals surface area (Å²) >= 11 is 0. The van der Waals surface area contributed by atoms with Gasteiger partial charge in [-0.05, 0) is 32.3 Å². The number of piperidine rings is 1. The number of aryl methyl sites for hydroxylation is 1. The second-order valence-corrected chi connectivity index (χ2v) is 7.73. The third kappa shape index (κ3) is 4.19. The van der Waals surface area contributed by atoms with Crippen LogP contribution in [0.5, 0.6) is 0 Å². The van der Waals surface area contributed by atoms with E-state index in [-0.39, 0.29) is 17.2 Å². The fourth-order valence-electron chi connectivity index (χ4n) is 4.11. The van der Waals surface area contributed by atoms with Gasteiger partial charge in [0.05, 0.1) is 4.92 Å². The van der Waals surface area contributed by atoms with E-state index in [9.17, 15) is 14.9 Å². The van der Waals surface area contributed by atoms with Crippen LogP contribution in [-0.4, -0.2) is 65.0 Å². The van der Waals surface area contributed by atoms with Crippen molar-refractivity contribution in [3.63, 3.8) is 0 Å². The first-order chi connectivity index (χ1) is 14.5. The SMILES string of the molecule is Cc1nc(N2CCCCC2)cc(N2CCN(C(=O)c3ccccc3[N+](=O)[O-])CC2)n1. The molecule has 2 aliphatic heterocycles. The van der Waals surface area contributed by atoms with Gasteiger partial charge in [0.2, 0.25) is 0 Å². The normalized spacial score (nSPS) is 17.2. The van der Waals surface area contributed by atoms with Crippen molar-refractivity contribution >= 4 is 23.2 Å². The lowest BCUT2D eigenvalue weighted by atomic mass is 10.1. The molecule has 0 bridgehead atoms. The standard InChI is InChI=1S/C21H26N6O3/c1-16-22-19(24-9-5-2-6-10-24)15-20(23-16)25-11-13-26(14-12-25)21(28)17-7-3-4-8-18(17)27(29)30/h3-4,7-8,15H,2,5-6,9-14H2,1H3. The average molecular weight is 410 g/mol. The highest BCUT2D eigenvalue weighted by molar-refractivity contribution is 5.98. The monoisotopic (exact) mass is 410 g/mol. The molecule has 1 aromatic carbocycles. The van der Waals surface area contributed by atoms with Crippen LogP contribution in [0.4, 0.5) is 17.3 Å². The Balaban J connectivity index is 1.45. The first-order valence-corrected chi connectivity index (χ1v) is 10.4. The minimum atomic E-state index is -0.505. The lowest BCUT2D eigenvalue weighted by Gasteiger charge is -2.36. The van der Waals surface area contributed by atoms with E-state index in [2.05, 4.69) is 19.8 Å². The molecule has 0 spiro atoms. The number of piperazine rings is 1. The Bertz CT molecular complexity index is 936. The number of benzene rings is 1. The average Bonchev–Trinajstić information content (AvgIpc) is 2.79. The van der Waals surface area contributed by atoms with E-state index in [0.29, 0.717) is 26.2 Å². The highest BCUT2D eigenvalue weighted by Gasteiger charge is 2.28. The zero-order valence-electron chi connectivity index (χ0n) is 17.2. The van der Waals surface area contributed by atoms with Crippen LogP contribution in [0.1, 0.15) is 35.4 Å². The molecule has 2 aliphatic rings. The molecule has 2 saturated heterocycles. The van der Waals surface area contributed by atoms with Crippen LogP contribution in [0.15, 0.2) is 30.3 Å². The van der Waals surface area contributed by atoms with E-state index >= 15 is 0 Å². The van der Waals surface area contributed by atoms with Crippen LogP contribution in [0, 0.1) is 17.0 Å². The second-order valence-electron chi connectivity index (χ2n) is 7.73. The molecule has 0 atom stereocenters. The summed E-state index contributed by atoms with van der Waals surface area (Å²) < 4.78 is 0. The molecule has 9 heteroatoms. The molecule has 0 N–H and O–H groups in total. The van der Waals surface area contributed by atoms with Gasteiger partial charge in [-0.1, -0.05) is 12.1 Å².